The van der Waals surface area contributed by atoms with Crippen LogP contribution in [0.2, 0.25) is 0 Å². The molecule has 1 amide bonds. The second-order valence-electron chi connectivity index (χ2n) is 4.84. The largest absolute Gasteiger partial charge is 0.411 e. The van der Waals surface area contributed by atoms with Crippen LogP contribution >= 0.6 is 11.8 Å². The monoisotopic (exact) mass is 320 g/mol. The first-order valence-electron chi connectivity index (χ1n) is 7.06. The molecule has 0 saturated carbocycles. The number of aromatic nitrogens is 3. The van der Waals surface area contributed by atoms with Crippen LogP contribution in [-0.2, 0) is 9.53 Å². The Bertz CT molecular complexity index is 614. The van der Waals surface area contributed by atoms with Crippen molar-refractivity contribution in [2.24, 2.45) is 0 Å². The van der Waals surface area contributed by atoms with Crippen LogP contribution in [-0.4, -0.2) is 46.1 Å². The third-order valence-electron chi connectivity index (χ3n) is 3.21. The molecule has 1 aliphatic heterocycles. The first-order valence-corrected chi connectivity index (χ1v) is 8.05. The molecule has 0 radical (unpaired) electrons. The fraction of sp³-hybridized carbons (Fsp3) is 0.429. The van der Waals surface area contributed by atoms with Crippen LogP contribution in [0.5, 0.6) is 0 Å². The summed E-state index contributed by atoms with van der Waals surface area (Å²) in [6, 6.07) is 3.58. The van der Waals surface area contributed by atoms with E-state index in [-0.39, 0.29) is 17.8 Å². The molecule has 1 atom stereocenters. The van der Waals surface area contributed by atoms with Crippen molar-refractivity contribution in [2.45, 2.75) is 24.2 Å². The van der Waals surface area contributed by atoms with Crippen LogP contribution in [0, 0.1) is 0 Å². The lowest BCUT2D eigenvalue weighted by Crippen LogP contribution is -2.32. The molecule has 7 nitrogen and oxygen atoms in total. The predicted octanol–water partition coefficient (Wildman–Crippen LogP) is 1.52. The topological polar surface area (TPSA) is 90.1 Å². The van der Waals surface area contributed by atoms with Gasteiger partial charge in [0.1, 0.15) is 0 Å². The number of rotatable bonds is 6. The maximum Gasteiger partial charge on any atom is 0.277 e. The van der Waals surface area contributed by atoms with Gasteiger partial charge in [-0.05, 0) is 25.0 Å². The molecule has 1 aliphatic rings. The molecule has 1 fully saturated rings. The lowest BCUT2D eigenvalue weighted by atomic mass is 10.2. The molecule has 8 heteroatoms. The first kappa shape index (κ1) is 15.0. The standard InChI is InChI=1S/C14H16N4O3S/c19-12(16-8-11-2-1-7-20-11)9-22-14-18-17-13(21-14)10-3-5-15-6-4-10/h3-6,11H,1-2,7-9H2,(H,16,19)/t11-/m1/s1. The second-order valence-corrected chi connectivity index (χ2v) is 5.76. The third-order valence-corrected chi connectivity index (χ3v) is 4.03. The zero-order chi connectivity index (χ0) is 15.2. The van der Waals surface area contributed by atoms with Crippen molar-refractivity contribution in [1.82, 2.24) is 20.5 Å². The minimum atomic E-state index is -0.0656. The molecule has 22 heavy (non-hydrogen) atoms. The molecule has 1 saturated heterocycles. The SMILES string of the molecule is O=C(CSc1nnc(-c2ccncc2)o1)NC[C@H]1CCCO1. The zero-order valence-corrected chi connectivity index (χ0v) is 12.7. The fourth-order valence-corrected chi connectivity index (χ4v) is 2.68. The Balaban J connectivity index is 1.45. The van der Waals surface area contributed by atoms with Crippen molar-refractivity contribution in [3.8, 4) is 11.5 Å². The van der Waals surface area contributed by atoms with Crippen LogP contribution in [0.25, 0.3) is 11.5 Å². The van der Waals surface area contributed by atoms with Gasteiger partial charge < -0.3 is 14.5 Å². The Morgan fingerprint density at radius 2 is 2.23 bits per heavy atom. The number of amides is 1. The van der Waals surface area contributed by atoms with Gasteiger partial charge in [0.25, 0.3) is 5.22 Å². The minimum Gasteiger partial charge on any atom is -0.411 e. The molecule has 0 aliphatic carbocycles. The number of carbonyl (C=O) groups is 1. The molecular weight excluding hydrogens is 304 g/mol. The average molecular weight is 320 g/mol. The molecular formula is C14H16N4O3S. The molecule has 3 rings (SSSR count). The molecule has 0 aromatic carbocycles. The van der Waals surface area contributed by atoms with Crippen LogP contribution in [0.1, 0.15) is 12.8 Å². The van der Waals surface area contributed by atoms with Crippen molar-refractivity contribution in [3.63, 3.8) is 0 Å². The normalized spacial score (nSPS) is 17.5. The number of pyridine rings is 1. The quantitative estimate of drug-likeness (QED) is 0.807. The van der Waals surface area contributed by atoms with Crippen LogP contribution in [0.4, 0.5) is 0 Å². The third kappa shape index (κ3) is 4.05. The number of hydrogen-bond acceptors (Lipinski definition) is 7. The van der Waals surface area contributed by atoms with Crippen molar-refractivity contribution in [2.75, 3.05) is 18.9 Å². The Kier molecular flexibility index (Phi) is 5.02. The number of thioether (sulfide) groups is 1. The number of carbonyl (C=O) groups excluding carboxylic acids is 1. The number of nitrogens with zero attached hydrogens (tertiary/aromatic N) is 3. The molecule has 0 unspecified atom stereocenters. The van der Waals surface area contributed by atoms with Gasteiger partial charge in [-0.3, -0.25) is 9.78 Å². The fourth-order valence-electron chi connectivity index (χ4n) is 2.09. The van der Waals surface area contributed by atoms with E-state index in [1.54, 1.807) is 24.5 Å². The molecule has 2 aromatic rings. The molecule has 2 aromatic heterocycles. The summed E-state index contributed by atoms with van der Waals surface area (Å²) in [7, 11) is 0. The first-order chi connectivity index (χ1) is 10.8. The maximum atomic E-state index is 11.8. The van der Waals surface area contributed by atoms with Gasteiger partial charge in [-0.25, -0.2) is 0 Å². The van der Waals surface area contributed by atoms with Gasteiger partial charge in [-0.2, -0.15) is 0 Å². The van der Waals surface area contributed by atoms with Gasteiger partial charge in [0, 0.05) is 31.1 Å². The summed E-state index contributed by atoms with van der Waals surface area (Å²) in [5.41, 5.74) is 0.803. The average Bonchev–Trinajstić information content (AvgIpc) is 3.23. The van der Waals surface area contributed by atoms with Gasteiger partial charge in [0.2, 0.25) is 11.8 Å². The van der Waals surface area contributed by atoms with Crippen LogP contribution < -0.4 is 5.32 Å². The summed E-state index contributed by atoms with van der Waals surface area (Å²) in [5.74, 6) is 0.596. The Labute approximate surface area is 131 Å². The summed E-state index contributed by atoms with van der Waals surface area (Å²) in [5, 5.41) is 11.1. The lowest BCUT2D eigenvalue weighted by molar-refractivity contribution is -0.119. The van der Waals surface area contributed by atoms with Crippen molar-refractivity contribution < 1.29 is 13.9 Å². The summed E-state index contributed by atoms with van der Waals surface area (Å²) < 4.78 is 11.0. The zero-order valence-electron chi connectivity index (χ0n) is 11.9. The highest BCUT2D eigenvalue weighted by Crippen LogP contribution is 2.22. The van der Waals surface area contributed by atoms with E-state index in [1.807, 2.05) is 0 Å². The smallest absolute Gasteiger partial charge is 0.277 e. The summed E-state index contributed by atoms with van der Waals surface area (Å²) in [6.45, 7) is 1.35. The van der Waals surface area contributed by atoms with E-state index < -0.39 is 0 Å². The Hall–Kier alpha value is -1.93. The highest BCUT2D eigenvalue weighted by Gasteiger charge is 2.16. The van der Waals surface area contributed by atoms with Gasteiger partial charge >= 0.3 is 0 Å². The van der Waals surface area contributed by atoms with Crippen molar-refractivity contribution in [1.29, 1.82) is 0 Å². The predicted molar refractivity (Wildman–Crippen MR) is 80.2 cm³/mol. The molecule has 116 valence electrons. The van der Waals surface area contributed by atoms with Crippen molar-refractivity contribution >= 4 is 17.7 Å². The molecule has 0 bridgehead atoms. The van der Waals surface area contributed by atoms with Gasteiger partial charge in [0.05, 0.1) is 11.9 Å². The Morgan fingerprint density at radius 3 is 3.00 bits per heavy atom. The van der Waals surface area contributed by atoms with E-state index in [1.165, 1.54) is 11.8 Å². The summed E-state index contributed by atoms with van der Waals surface area (Å²) in [6.07, 6.45) is 5.53. The van der Waals surface area contributed by atoms with Crippen molar-refractivity contribution in [3.05, 3.63) is 24.5 Å². The Morgan fingerprint density at radius 1 is 1.36 bits per heavy atom. The highest BCUT2D eigenvalue weighted by atomic mass is 32.2. The summed E-state index contributed by atoms with van der Waals surface area (Å²) >= 11 is 1.22. The van der Waals surface area contributed by atoms with E-state index in [2.05, 4.69) is 20.5 Å². The van der Waals surface area contributed by atoms with E-state index in [0.29, 0.717) is 17.7 Å². The number of ether oxygens (including phenoxy) is 1. The minimum absolute atomic E-state index is 0.0656. The lowest BCUT2D eigenvalue weighted by Gasteiger charge is -2.09. The van der Waals surface area contributed by atoms with Crippen LogP contribution in [0.15, 0.2) is 34.2 Å². The number of nitrogens with one attached hydrogen (secondary N) is 1. The van der Waals surface area contributed by atoms with Gasteiger partial charge in [-0.15, -0.1) is 10.2 Å². The van der Waals surface area contributed by atoms with E-state index in [4.69, 9.17) is 9.15 Å². The van der Waals surface area contributed by atoms with Gasteiger partial charge in [-0.1, -0.05) is 11.8 Å². The van der Waals surface area contributed by atoms with Gasteiger partial charge in [0.15, 0.2) is 0 Å². The maximum absolute atomic E-state index is 11.8. The second kappa shape index (κ2) is 7.37. The molecule has 3 heterocycles. The summed E-state index contributed by atoms with van der Waals surface area (Å²) in [4.78, 5) is 15.7. The van der Waals surface area contributed by atoms with E-state index >= 15 is 0 Å². The molecule has 0 spiro atoms. The molecule has 1 N–H and O–H groups in total. The number of hydrogen-bond donors (Lipinski definition) is 1. The van der Waals surface area contributed by atoms with E-state index in [0.717, 1.165) is 25.0 Å². The van der Waals surface area contributed by atoms with Crippen LogP contribution in [0.3, 0.4) is 0 Å². The highest BCUT2D eigenvalue weighted by molar-refractivity contribution is 7.99. The van der Waals surface area contributed by atoms with E-state index in [9.17, 15) is 4.79 Å².